The van der Waals surface area contributed by atoms with Gasteiger partial charge < -0.3 is 20.4 Å². The Bertz CT molecular complexity index is 3000. The van der Waals surface area contributed by atoms with Gasteiger partial charge in [-0.3, -0.25) is 0 Å². The van der Waals surface area contributed by atoms with Crippen LogP contribution in [-0.2, 0) is 11.0 Å². The van der Waals surface area contributed by atoms with Gasteiger partial charge in [0.1, 0.15) is 28.9 Å². The molecule has 0 spiro atoms. The molecule has 1 atom stereocenters. The lowest BCUT2D eigenvalue weighted by Gasteiger charge is -2.34. The summed E-state index contributed by atoms with van der Waals surface area (Å²) in [5, 5.41) is 42.3. The molecule has 4 N–H and O–H groups in total. The molecule has 0 saturated heterocycles. The Labute approximate surface area is 426 Å². The molecule has 380 valence electrons. The van der Waals surface area contributed by atoms with E-state index in [1.165, 1.54) is 68.8 Å². The smallest absolute Gasteiger partial charge is 0.421 e. The minimum absolute atomic E-state index is 0.147. The Kier molecular flexibility index (Phi) is 19.1. The molecule has 1 unspecified atom stereocenters. The zero-order valence-electron chi connectivity index (χ0n) is 42.8. The fraction of sp³-hybridized carbons (Fsp3) is 0.219. The second-order valence-electron chi connectivity index (χ2n) is 17.9. The van der Waals surface area contributed by atoms with Gasteiger partial charge in [-0.25, -0.2) is 8.78 Å². The molecule has 10 rings (SSSR count). The summed E-state index contributed by atoms with van der Waals surface area (Å²) in [7, 11) is 0. The van der Waals surface area contributed by atoms with Crippen molar-refractivity contribution in [2.75, 3.05) is 0 Å². The van der Waals surface area contributed by atoms with E-state index in [-0.39, 0.29) is 34.4 Å². The Morgan fingerprint density at radius 2 is 0.740 bits per heavy atom. The van der Waals surface area contributed by atoms with Crippen molar-refractivity contribution < 1.29 is 42.4 Å². The van der Waals surface area contributed by atoms with Crippen LogP contribution in [0.5, 0.6) is 17.2 Å². The summed E-state index contributed by atoms with van der Waals surface area (Å²) in [5.41, 5.74) is 6.07. The number of aromatic hydroxyl groups is 3. The second-order valence-corrected chi connectivity index (χ2v) is 17.9. The molecule has 0 amide bonds. The monoisotopic (exact) mass is 992 g/mol. The molecule has 0 saturated carbocycles. The van der Waals surface area contributed by atoms with Crippen LogP contribution in [0.25, 0.3) is 32.7 Å². The summed E-state index contributed by atoms with van der Waals surface area (Å²) in [6.07, 6.45) is -4.73. The van der Waals surface area contributed by atoms with E-state index in [9.17, 15) is 37.3 Å². The maximum absolute atomic E-state index is 12.4. The van der Waals surface area contributed by atoms with Crippen LogP contribution in [-0.4, -0.2) is 26.6 Å². The average Bonchev–Trinajstić information content (AvgIpc) is 3.69. The molecular formula is C64H65F5O4. The molecule has 0 fully saturated rings. The van der Waals surface area contributed by atoms with Crippen molar-refractivity contribution in [2.24, 2.45) is 0 Å². The lowest BCUT2D eigenvalue weighted by Crippen LogP contribution is -2.39. The zero-order valence-corrected chi connectivity index (χ0v) is 42.8. The van der Waals surface area contributed by atoms with Crippen LogP contribution in [0.3, 0.4) is 0 Å². The fourth-order valence-electron chi connectivity index (χ4n) is 8.60. The normalized spacial score (nSPS) is 12.7. The SMILES string of the molecule is CC.CC.CC(C)c1ccc(F)cc1.CC(C)c1ccc(F)cc1.CC(O)(c1ccc(O)cc1)C(F)(F)F.Oc1ccc2cc(C3(c4ccc5cc(O)ccc5c4)c4ccccc4-c4ccccc43)ccc2c1. The second kappa shape index (κ2) is 24.8. The van der Waals surface area contributed by atoms with Crippen LogP contribution in [0.4, 0.5) is 22.0 Å². The van der Waals surface area contributed by atoms with Gasteiger partial charge in [0.2, 0.25) is 0 Å². The first-order chi connectivity index (χ1) is 34.8. The number of aliphatic hydroxyl groups is 1. The first kappa shape index (κ1) is 56.4. The molecule has 0 aliphatic heterocycles. The predicted molar refractivity (Wildman–Crippen MR) is 289 cm³/mol. The first-order valence-corrected chi connectivity index (χ1v) is 24.5. The van der Waals surface area contributed by atoms with Crippen LogP contribution in [0.2, 0.25) is 0 Å². The van der Waals surface area contributed by atoms with Crippen molar-refractivity contribution in [1.82, 2.24) is 0 Å². The summed E-state index contributed by atoms with van der Waals surface area (Å²) in [5.74, 6) is 1.05. The van der Waals surface area contributed by atoms with Gasteiger partial charge in [0, 0.05) is 0 Å². The quantitative estimate of drug-likeness (QED) is 0.130. The molecule has 9 aromatic rings. The number of benzene rings is 9. The van der Waals surface area contributed by atoms with E-state index in [0.717, 1.165) is 45.8 Å². The molecule has 4 nitrogen and oxygen atoms in total. The van der Waals surface area contributed by atoms with Gasteiger partial charge in [-0.2, -0.15) is 13.2 Å². The van der Waals surface area contributed by atoms with E-state index >= 15 is 0 Å². The highest BCUT2D eigenvalue weighted by molar-refractivity contribution is 5.92. The van der Waals surface area contributed by atoms with Gasteiger partial charge >= 0.3 is 6.18 Å². The molecule has 9 aromatic carbocycles. The van der Waals surface area contributed by atoms with Crippen molar-refractivity contribution in [2.45, 2.75) is 91.3 Å². The molecule has 0 heterocycles. The van der Waals surface area contributed by atoms with Crippen LogP contribution in [0, 0.1) is 11.6 Å². The maximum Gasteiger partial charge on any atom is 0.421 e. The zero-order chi connectivity index (χ0) is 53.7. The lowest BCUT2D eigenvalue weighted by atomic mass is 9.67. The first-order valence-electron chi connectivity index (χ1n) is 24.5. The van der Waals surface area contributed by atoms with E-state index in [4.69, 9.17) is 5.11 Å². The highest BCUT2D eigenvalue weighted by Crippen LogP contribution is 2.56. The minimum atomic E-state index is -4.73. The highest BCUT2D eigenvalue weighted by atomic mass is 19.4. The van der Waals surface area contributed by atoms with E-state index in [0.29, 0.717) is 18.8 Å². The summed E-state index contributed by atoms with van der Waals surface area (Å²) < 4.78 is 61.6. The van der Waals surface area contributed by atoms with Crippen molar-refractivity contribution in [1.29, 1.82) is 0 Å². The van der Waals surface area contributed by atoms with Gasteiger partial charge in [-0.15, -0.1) is 0 Å². The van der Waals surface area contributed by atoms with Crippen molar-refractivity contribution in [3.8, 4) is 28.4 Å². The molecular weight excluding hydrogens is 928 g/mol. The Morgan fingerprint density at radius 3 is 1.10 bits per heavy atom. The van der Waals surface area contributed by atoms with Gasteiger partial charge in [-0.05, 0) is 163 Å². The summed E-state index contributed by atoms with van der Waals surface area (Å²) in [6.45, 7) is 17.0. The lowest BCUT2D eigenvalue weighted by molar-refractivity contribution is -0.258. The molecule has 0 radical (unpaired) electrons. The molecule has 73 heavy (non-hydrogen) atoms. The third-order valence-corrected chi connectivity index (χ3v) is 12.5. The number of fused-ring (bicyclic) bond motifs is 5. The number of alkyl halides is 3. The van der Waals surface area contributed by atoms with Crippen molar-refractivity contribution >= 4 is 21.5 Å². The number of halogens is 5. The standard InChI is InChI=1S/C33H22O2.C9H9F3O2.2C9H11F.2C2H6/c34-27-15-11-21-17-25(13-9-23(21)19-27)33(26-14-10-24-20-28(35)16-12-22(24)18-26)31-7-3-1-5-29(31)30-6-2-4-8-32(30)33;1-8(14,9(10,11)12)6-2-4-7(13)5-3-6;2*1-7(2)8-3-5-9(10)6-4-8;2*1-2/h1-20,34-35H;2-5,13-14H,1H3;2*3-7H,1-2H3;2*1-2H3. The molecule has 9 heteroatoms. The van der Waals surface area contributed by atoms with E-state index in [2.05, 4.69) is 113 Å². The third-order valence-electron chi connectivity index (χ3n) is 12.5. The third kappa shape index (κ3) is 13.0. The Hall–Kier alpha value is -7.49. The number of phenols is 3. The van der Waals surface area contributed by atoms with Gasteiger partial charge in [-0.1, -0.05) is 177 Å². The van der Waals surface area contributed by atoms with Gasteiger partial charge in [0.05, 0.1) is 5.41 Å². The Balaban J connectivity index is 0.000000213. The van der Waals surface area contributed by atoms with Crippen molar-refractivity contribution in [3.05, 3.63) is 245 Å². The number of hydrogen-bond donors (Lipinski definition) is 4. The number of phenolic OH excluding ortho intramolecular Hbond substituents is 3. The number of hydrogen-bond acceptors (Lipinski definition) is 4. The summed E-state index contributed by atoms with van der Waals surface area (Å²) in [4.78, 5) is 0. The molecule has 0 bridgehead atoms. The van der Waals surface area contributed by atoms with E-state index < -0.39 is 17.2 Å². The largest absolute Gasteiger partial charge is 0.508 e. The predicted octanol–water partition coefficient (Wildman–Crippen LogP) is 17.9. The highest BCUT2D eigenvalue weighted by Gasteiger charge is 2.51. The van der Waals surface area contributed by atoms with E-state index in [1.54, 1.807) is 12.1 Å². The van der Waals surface area contributed by atoms with E-state index in [1.807, 2.05) is 76.2 Å². The van der Waals surface area contributed by atoms with Crippen LogP contribution in [0.1, 0.15) is 113 Å². The van der Waals surface area contributed by atoms with Crippen LogP contribution in [0.15, 0.2) is 194 Å². The summed E-state index contributed by atoms with van der Waals surface area (Å²) >= 11 is 0. The number of rotatable bonds is 5. The topological polar surface area (TPSA) is 80.9 Å². The van der Waals surface area contributed by atoms with Gasteiger partial charge in [0.25, 0.3) is 0 Å². The van der Waals surface area contributed by atoms with Crippen LogP contribution < -0.4 is 0 Å². The van der Waals surface area contributed by atoms with Gasteiger partial charge in [0.15, 0.2) is 5.60 Å². The minimum Gasteiger partial charge on any atom is -0.508 e. The van der Waals surface area contributed by atoms with Crippen LogP contribution >= 0.6 is 0 Å². The average molecular weight is 993 g/mol. The maximum atomic E-state index is 12.4. The molecule has 1 aliphatic carbocycles. The Morgan fingerprint density at radius 1 is 0.411 bits per heavy atom. The summed E-state index contributed by atoms with van der Waals surface area (Å²) in [6, 6.07) is 59.1. The molecule has 1 aliphatic rings. The molecule has 0 aromatic heterocycles. The fourth-order valence-corrected chi connectivity index (χ4v) is 8.60. The van der Waals surface area contributed by atoms with Crippen molar-refractivity contribution in [3.63, 3.8) is 0 Å².